The first-order valence-corrected chi connectivity index (χ1v) is 9.19. The zero-order valence-electron chi connectivity index (χ0n) is 15.2. The number of carbonyl (C=O) groups is 1. The summed E-state index contributed by atoms with van der Waals surface area (Å²) < 4.78 is 0. The Morgan fingerprint density at radius 2 is 2.27 bits per heavy atom. The number of nitrogens with one attached hydrogen (secondary N) is 1. The second-order valence-corrected chi connectivity index (χ2v) is 7.07. The van der Waals surface area contributed by atoms with Gasteiger partial charge in [0.25, 0.3) is 0 Å². The van der Waals surface area contributed by atoms with Crippen LogP contribution in [-0.2, 0) is 6.54 Å². The number of piperidine rings is 1. The maximum atomic E-state index is 12.6. The molecule has 7 heteroatoms. The smallest absolute Gasteiger partial charge is 0.317 e. The van der Waals surface area contributed by atoms with Crippen molar-refractivity contribution in [2.45, 2.75) is 32.4 Å². The summed E-state index contributed by atoms with van der Waals surface area (Å²) in [6.07, 6.45) is 5.33. The highest BCUT2D eigenvalue weighted by Gasteiger charge is 2.26. The lowest BCUT2D eigenvalue weighted by Gasteiger charge is -2.38. The summed E-state index contributed by atoms with van der Waals surface area (Å²) in [7, 11) is 1.86. The standard InChI is InChI=1S/C19H24ClN5O/c1-14-10-15(5-6-17(14)20)11-22-19(26)24(2)16-4-3-9-25(12-16)18-7-8-21-13-23-18/h5-8,10,13,16H,3-4,9,11-12H2,1-2H3,(H,22,26)/t16-/m1/s1. The first kappa shape index (κ1) is 18.5. The molecule has 2 heterocycles. The molecule has 0 aliphatic carbocycles. The van der Waals surface area contributed by atoms with Gasteiger partial charge in [0.05, 0.1) is 6.04 Å². The molecule has 0 saturated carbocycles. The number of benzene rings is 1. The topological polar surface area (TPSA) is 61.4 Å². The molecule has 1 saturated heterocycles. The molecule has 138 valence electrons. The molecule has 6 nitrogen and oxygen atoms in total. The number of hydrogen-bond acceptors (Lipinski definition) is 4. The molecule has 1 aromatic heterocycles. The fourth-order valence-electron chi connectivity index (χ4n) is 3.23. The molecule has 0 spiro atoms. The summed E-state index contributed by atoms with van der Waals surface area (Å²) in [5.74, 6) is 0.912. The van der Waals surface area contributed by atoms with E-state index in [0.29, 0.717) is 6.54 Å². The van der Waals surface area contributed by atoms with Gasteiger partial charge in [-0.25, -0.2) is 14.8 Å². The monoisotopic (exact) mass is 373 g/mol. The number of nitrogens with zero attached hydrogens (tertiary/aromatic N) is 4. The van der Waals surface area contributed by atoms with E-state index in [0.717, 1.165) is 47.9 Å². The minimum atomic E-state index is -0.0628. The average molecular weight is 374 g/mol. The van der Waals surface area contributed by atoms with E-state index < -0.39 is 0 Å². The van der Waals surface area contributed by atoms with Gasteiger partial charge >= 0.3 is 6.03 Å². The van der Waals surface area contributed by atoms with Crippen molar-refractivity contribution in [1.82, 2.24) is 20.2 Å². The summed E-state index contributed by atoms with van der Waals surface area (Å²) in [4.78, 5) is 24.9. The molecule has 1 atom stereocenters. The lowest BCUT2D eigenvalue weighted by molar-refractivity contribution is 0.182. The van der Waals surface area contributed by atoms with Gasteiger partial charge in [-0.1, -0.05) is 23.7 Å². The van der Waals surface area contributed by atoms with Crippen molar-refractivity contribution in [3.63, 3.8) is 0 Å². The second-order valence-electron chi connectivity index (χ2n) is 6.66. The van der Waals surface area contributed by atoms with Gasteiger partial charge in [0, 0.05) is 37.9 Å². The van der Waals surface area contributed by atoms with Gasteiger partial charge in [-0.3, -0.25) is 0 Å². The van der Waals surface area contributed by atoms with E-state index in [4.69, 9.17) is 11.6 Å². The molecule has 26 heavy (non-hydrogen) atoms. The average Bonchev–Trinajstić information content (AvgIpc) is 2.69. The van der Waals surface area contributed by atoms with Crippen LogP contribution in [0.25, 0.3) is 0 Å². The third-order valence-electron chi connectivity index (χ3n) is 4.82. The van der Waals surface area contributed by atoms with Gasteiger partial charge in [0.1, 0.15) is 12.1 Å². The predicted octanol–water partition coefficient (Wildman–Crippen LogP) is 3.25. The number of carbonyl (C=O) groups excluding carboxylic acids is 1. The fourth-order valence-corrected chi connectivity index (χ4v) is 3.35. The van der Waals surface area contributed by atoms with E-state index >= 15 is 0 Å². The van der Waals surface area contributed by atoms with Crippen molar-refractivity contribution in [1.29, 1.82) is 0 Å². The molecule has 0 unspecified atom stereocenters. The molecule has 1 fully saturated rings. The predicted molar refractivity (Wildman–Crippen MR) is 103 cm³/mol. The fraction of sp³-hybridized carbons (Fsp3) is 0.421. The molecule has 1 aliphatic rings. The van der Waals surface area contributed by atoms with Crippen molar-refractivity contribution in [2.75, 3.05) is 25.0 Å². The molecule has 1 aliphatic heterocycles. The second kappa shape index (κ2) is 8.36. The van der Waals surface area contributed by atoms with Crippen LogP contribution in [0.5, 0.6) is 0 Å². The molecule has 3 rings (SSSR count). The molecule has 2 amide bonds. The Morgan fingerprint density at radius 1 is 1.42 bits per heavy atom. The quantitative estimate of drug-likeness (QED) is 0.893. The normalized spacial score (nSPS) is 17.0. The largest absolute Gasteiger partial charge is 0.354 e. The van der Waals surface area contributed by atoms with Crippen molar-refractivity contribution in [2.24, 2.45) is 0 Å². The van der Waals surface area contributed by atoms with Crippen molar-refractivity contribution in [3.05, 3.63) is 52.9 Å². The SMILES string of the molecule is Cc1cc(CNC(=O)N(C)[C@@H]2CCCN(c3ccncn3)C2)ccc1Cl. The molecule has 0 bridgehead atoms. The Hall–Kier alpha value is -2.34. The summed E-state index contributed by atoms with van der Waals surface area (Å²) in [5.41, 5.74) is 2.06. The highest BCUT2D eigenvalue weighted by Crippen LogP contribution is 2.20. The Balaban J connectivity index is 1.56. The van der Waals surface area contributed by atoms with E-state index in [1.165, 1.54) is 0 Å². The number of likely N-dealkylation sites (N-methyl/N-ethyl adjacent to an activating group) is 1. The van der Waals surface area contributed by atoms with Crippen LogP contribution in [0.3, 0.4) is 0 Å². The highest BCUT2D eigenvalue weighted by molar-refractivity contribution is 6.31. The summed E-state index contributed by atoms with van der Waals surface area (Å²) in [6, 6.07) is 7.80. The minimum absolute atomic E-state index is 0.0628. The van der Waals surface area contributed by atoms with Gasteiger partial charge < -0.3 is 15.1 Å². The van der Waals surface area contributed by atoms with Crippen molar-refractivity contribution < 1.29 is 4.79 Å². The molecule has 1 aromatic carbocycles. The number of aromatic nitrogens is 2. The summed E-state index contributed by atoms with van der Waals surface area (Å²) in [6.45, 7) is 4.18. The molecular formula is C19H24ClN5O. The number of urea groups is 1. The zero-order chi connectivity index (χ0) is 18.5. The van der Waals surface area contributed by atoms with Crippen LogP contribution in [0.15, 0.2) is 36.8 Å². The molecule has 1 N–H and O–H groups in total. The first-order chi connectivity index (χ1) is 12.5. The van der Waals surface area contributed by atoms with Crippen LogP contribution in [0.1, 0.15) is 24.0 Å². The number of anilines is 1. The van der Waals surface area contributed by atoms with Crippen LogP contribution < -0.4 is 10.2 Å². The zero-order valence-corrected chi connectivity index (χ0v) is 15.9. The Kier molecular flexibility index (Phi) is 5.93. The first-order valence-electron chi connectivity index (χ1n) is 8.81. The Labute approximate surface area is 159 Å². The maximum absolute atomic E-state index is 12.6. The van der Waals surface area contributed by atoms with E-state index in [1.807, 2.05) is 38.2 Å². The van der Waals surface area contributed by atoms with Gasteiger partial charge in [-0.05, 0) is 43.0 Å². The van der Waals surface area contributed by atoms with Crippen LogP contribution in [0.2, 0.25) is 5.02 Å². The van der Waals surface area contributed by atoms with Crippen LogP contribution in [0, 0.1) is 6.92 Å². The van der Waals surface area contributed by atoms with Gasteiger partial charge in [-0.15, -0.1) is 0 Å². The number of aryl methyl sites for hydroxylation is 1. The number of halogens is 1. The van der Waals surface area contributed by atoms with Gasteiger partial charge in [0.2, 0.25) is 0 Å². The number of rotatable bonds is 4. The third kappa shape index (κ3) is 4.43. The minimum Gasteiger partial charge on any atom is -0.354 e. The maximum Gasteiger partial charge on any atom is 0.317 e. The van der Waals surface area contributed by atoms with Gasteiger partial charge in [-0.2, -0.15) is 0 Å². The molecule has 0 radical (unpaired) electrons. The van der Waals surface area contributed by atoms with Crippen LogP contribution in [-0.4, -0.2) is 47.1 Å². The Bertz CT molecular complexity index is 755. The summed E-state index contributed by atoms with van der Waals surface area (Å²) >= 11 is 6.05. The van der Waals surface area contributed by atoms with Crippen LogP contribution >= 0.6 is 11.6 Å². The summed E-state index contributed by atoms with van der Waals surface area (Å²) in [5, 5.41) is 3.74. The lowest BCUT2D eigenvalue weighted by atomic mass is 10.0. The van der Waals surface area contributed by atoms with Crippen molar-refractivity contribution >= 4 is 23.4 Å². The highest BCUT2D eigenvalue weighted by atomic mass is 35.5. The van der Waals surface area contributed by atoms with E-state index in [1.54, 1.807) is 17.4 Å². The van der Waals surface area contributed by atoms with E-state index in [2.05, 4.69) is 20.2 Å². The number of hydrogen-bond donors (Lipinski definition) is 1. The molecular weight excluding hydrogens is 350 g/mol. The van der Waals surface area contributed by atoms with Crippen molar-refractivity contribution in [3.8, 4) is 0 Å². The number of amides is 2. The molecule has 2 aromatic rings. The van der Waals surface area contributed by atoms with E-state index in [-0.39, 0.29) is 12.1 Å². The van der Waals surface area contributed by atoms with E-state index in [9.17, 15) is 4.79 Å². The lowest BCUT2D eigenvalue weighted by Crippen LogP contribution is -2.51. The Morgan fingerprint density at radius 3 is 3.00 bits per heavy atom. The van der Waals surface area contributed by atoms with Gasteiger partial charge in [0.15, 0.2) is 0 Å². The third-order valence-corrected chi connectivity index (χ3v) is 5.25. The van der Waals surface area contributed by atoms with Crippen LogP contribution in [0.4, 0.5) is 10.6 Å².